The van der Waals surface area contributed by atoms with Crippen LogP contribution in [-0.2, 0) is 0 Å². The van der Waals surface area contributed by atoms with Crippen molar-refractivity contribution in [3.63, 3.8) is 0 Å². The third-order valence-corrected chi connectivity index (χ3v) is 3.69. The predicted octanol–water partition coefficient (Wildman–Crippen LogP) is 2.39. The van der Waals surface area contributed by atoms with Crippen LogP contribution in [0.5, 0.6) is 5.75 Å². The van der Waals surface area contributed by atoms with Gasteiger partial charge in [0.1, 0.15) is 11.9 Å². The molecule has 0 spiro atoms. The van der Waals surface area contributed by atoms with Gasteiger partial charge < -0.3 is 15.4 Å². The summed E-state index contributed by atoms with van der Waals surface area (Å²) in [5.74, 6) is 0.983. The minimum absolute atomic E-state index is 0.255. The lowest BCUT2D eigenvalue weighted by Gasteiger charge is -2.28. The summed E-state index contributed by atoms with van der Waals surface area (Å²) in [4.78, 5) is 0. The van der Waals surface area contributed by atoms with Crippen LogP contribution in [0.2, 0.25) is 0 Å². The fourth-order valence-electron chi connectivity index (χ4n) is 2.70. The Kier molecular flexibility index (Phi) is 3.18. The molecule has 92 valence electrons. The first kappa shape index (κ1) is 10.9. The van der Waals surface area contributed by atoms with Crippen LogP contribution in [0, 0.1) is 0 Å². The van der Waals surface area contributed by atoms with Crippen molar-refractivity contribution in [2.75, 3.05) is 18.4 Å². The van der Waals surface area contributed by atoms with Gasteiger partial charge in [-0.25, -0.2) is 0 Å². The second-order valence-corrected chi connectivity index (χ2v) is 5.01. The second kappa shape index (κ2) is 4.96. The molecule has 2 aliphatic rings. The van der Waals surface area contributed by atoms with Gasteiger partial charge in [0.2, 0.25) is 0 Å². The van der Waals surface area contributed by atoms with Gasteiger partial charge >= 0.3 is 0 Å². The molecule has 1 atom stereocenters. The van der Waals surface area contributed by atoms with E-state index in [0.717, 1.165) is 30.6 Å². The van der Waals surface area contributed by atoms with E-state index < -0.39 is 0 Å². The van der Waals surface area contributed by atoms with E-state index in [2.05, 4.69) is 16.7 Å². The first-order chi connectivity index (χ1) is 8.42. The number of benzene rings is 1. The Balaban J connectivity index is 1.53. The third-order valence-electron chi connectivity index (χ3n) is 3.69. The monoisotopic (exact) mass is 232 g/mol. The smallest absolute Gasteiger partial charge is 0.142 e. The zero-order valence-corrected chi connectivity index (χ0v) is 10.1. The Morgan fingerprint density at radius 2 is 2.06 bits per heavy atom. The highest BCUT2D eigenvalue weighted by atomic mass is 16.5. The van der Waals surface area contributed by atoms with E-state index in [-0.39, 0.29) is 6.10 Å². The van der Waals surface area contributed by atoms with Gasteiger partial charge in [0.15, 0.2) is 0 Å². The largest absolute Gasteiger partial charge is 0.485 e. The molecular formula is C14H20N2O. The molecular weight excluding hydrogens is 212 g/mol. The van der Waals surface area contributed by atoms with Crippen LogP contribution < -0.4 is 15.4 Å². The number of fused-ring (bicyclic) bond motifs is 1. The topological polar surface area (TPSA) is 33.3 Å². The summed E-state index contributed by atoms with van der Waals surface area (Å²) in [7, 11) is 0. The van der Waals surface area contributed by atoms with Crippen LogP contribution >= 0.6 is 0 Å². The molecule has 3 nitrogen and oxygen atoms in total. The minimum atomic E-state index is 0.255. The molecule has 3 heteroatoms. The van der Waals surface area contributed by atoms with E-state index >= 15 is 0 Å². The maximum atomic E-state index is 5.97. The molecule has 1 saturated carbocycles. The first-order valence-electron chi connectivity index (χ1n) is 6.65. The molecule has 0 aromatic heterocycles. The zero-order valence-electron chi connectivity index (χ0n) is 10.1. The molecule has 2 N–H and O–H groups in total. The molecule has 17 heavy (non-hydrogen) atoms. The molecule has 1 aromatic carbocycles. The van der Waals surface area contributed by atoms with Crippen molar-refractivity contribution in [3.8, 4) is 5.75 Å². The molecule has 0 amide bonds. The number of nitrogens with one attached hydrogen (secondary N) is 2. The van der Waals surface area contributed by atoms with Crippen molar-refractivity contribution in [2.45, 2.75) is 37.8 Å². The second-order valence-electron chi connectivity index (χ2n) is 5.01. The number of anilines is 1. The fourth-order valence-corrected chi connectivity index (χ4v) is 2.70. The van der Waals surface area contributed by atoms with Gasteiger partial charge in [0.25, 0.3) is 0 Å². The highest BCUT2D eigenvalue weighted by molar-refractivity contribution is 5.57. The molecule has 1 aliphatic carbocycles. The van der Waals surface area contributed by atoms with Crippen molar-refractivity contribution < 1.29 is 4.74 Å². The molecule has 0 radical (unpaired) electrons. The van der Waals surface area contributed by atoms with Gasteiger partial charge in [0.05, 0.1) is 12.2 Å². The van der Waals surface area contributed by atoms with Gasteiger partial charge in [-0.15, -0.1) is 0 Å². The van der Waals surface area contributed by atoms with E-state index in [1.807, 2.05) is 18.2 Å². The quantitative estimate of drug-likeness (QED) is 0.839. The SMILES string of the molecule is c1ccc2c(c1)NCC(CNC1CCCC1)O2. The van der Waals surface area contributed by atoms with Crippen LogP contribution in [0.3, 0.4) is 0 Å². The first-order valence-corrected chi connectivity index (χ1v) is 6.65. The zero-order chi connectivity index (χ0) is 11.5. The third kappa shape index (κ3) is 2.55. The lowest BCUT2D eigenvalue weighted by atomic mass is 10.2. The highest BCUT2D eigenvalue weighted by Crippen LogP contribution is 2.28. The van der Waals surface area contributed by atoms with E-state index in [0.29, 0.717) is 0 Å². The Morgan fingerprint density at radius 3 is 2.94 bits per heavy atom. The van der Waals surface area contributed by atoms with Gasteiger partial charge in [-0.2, -0.15) is 0 Å². The molecule has 0 saturated heterocycles. The normalized spacial score (nSPS) is 23.9. The van der Waals surface area contributed by atoms with Gasteiger partial charge in [0, 0.05) is 12.6 Å². The summed E-state index contributed by atoms with van der Waals surface area (Å²) in [6.45, 7) is 1.85. The summed E-state index contributed by atoms with van der Waals surface area (Å²) in [6, 6.07) is 8.87. The van der Waals surface area contributed by atoms with E-state index in [9.17, 15) is 0 Å². The predicted molar refractivity (Wildman–Crippen MR) is 69.6 cm³/mol. The summed E-state index contributed by atoms with van der Waals surface area (Å²) < 4.78 is 5.97. The Hall–Kier alpha value is -1.22. The average Bonchev–Trinajstić information content (AvgIpc) is 2.89. The maximum absolute atomic E-state index is 5.97. The number of rotatable bonds is 3. The Labute approximate surface area is 103 Å². The average molecular weight is 232 g/mol. The molecule has 1 unspecified atom stereocenters. The van der Waals surface area contributed by atoms with Gasteiger partial charge in [-0.05, 0) is 25.0 Å². The number of hydrogen-bond donors (Lipinski definition) is 2. The minimum Gasteiger partial charge on any atom is -0.485 e. The van der Waals surface area contributed by atoms with Gasteiger partial charge in [-0.3, -0.25) is 0 Å². The highest BCUT2D eigenvalue weighted by Gasteiger charge is 2.21. The summed E-state index contributed by atoms with van der Waals surface area (Å²) in [5, 5.41) is 7.04. The summed E-state index contributed by atoms with van der Waals surface area (Å²) in [5.41, 5.74) is 1.12. The number of ether oxygens (including phenoxy) is 1. The lowest BCUT2D eigenvalue weighted by Crippen LogP contribution is -2.42. The molecule has 0 bridgehead atoms. The lowest BCUT2D eigenvalue weighted by molar-refractivity contribution is 0.197. The summed E-state index contributed by atoms with van der Waals surface area (Å²) in [6.07, 6.45) is 5.67. The van der Waals surface area contributed by atoms with Crippen LogP contribution in [0.25, 0.3) is 0 Å². The fraction of sp³-hybridized carbons (Fsp3) is 0.571. The molecule has 1 fully saturated rings. The number of hydrogen-bond acceptors (Lipinski definition) is 3. The van der Waals surface area contributed by atoms with Crippen molar-refractivity contribution in [2.24, 2.45) is 0 Å². The van der Waals surface area contributed by atoms with Crippen molar-refractivity contribution in [1.29, 1.82) is 0 Å². The van der Waals surface area contributed by atoms with E-state index in [1.165, 1.54) is 25.7 Å². The summed E-state index contributed by atoms with van der Waals surface area (Å²) >= 11 is 0. The maximum Gasteiger partial charge on any atom is 0.142 e. The van der Waals surface area contributed by atoms with E-state index in [1.54, 1.807) is 0 Å². The van der Waals surface area contributed by atoms with Crippen LogP contribution in [-0.4, -0.2) is 25.2 Å². The number of para-hydroxylation sites is 2. The van der Waals surface area contributed by atoms with Crippen molar-refractivity contribution >= 4 is 5.69 Å². The van der Waals surface area contributed by atoms with Gasteiger partial charge in [-0.1, -0.05) is 25.0 Å². The van der Waals surface area contributed by atoms with Crippen molar-refractivity contribution in [1.82, 2.24) is 5.32 Å². The van der Waals surface area contributed by atoms with Crippen LogP contribution in [0.1, 0.15) is 25.7 Å². The van der Waals surface area contributed by atoms with Crippen molar-refractivity contribution in [3.05, 3.63) is 24.3 Å². The van der Waals surface area contributed by atoms with E-state index in [4.69, 9.17) is 4.74 Å². The molecule has 3 rings (SSSR count). The molecule has 1 heterocycles. The Morgan fingerprint density at radius 1 is 1.24 bits per heavy atom. The molecule has 1 aliphatic heterocycles. The van der Waals surface area contributed by atoms with Crippen LogP contribution in [0.4, 0.5) is 5.69 Å². The van der Waals surface area contributed by atoms with Crippen LogP contribution in [0.15, 0.2) is 24.3 Å². The standard InChI is InChI=1S/C14H20N2O/c1-2-6-11(5-1)15-9-12-10-16-13-7-3-4-8-14(13)17-12/h3-4,7-8,11-12,15-16H,1-2,5-6,9-10H2. The Bertz CT molecular complexity index is 374. The molecule has 1 aromatic rings.